The second-order valence-corrected chi connectivity index (χ2v) is 10.4. The monoisotopic (exact) mass is 473 g/mol. The average molecular weight is 474 g/mol. The molecule has 33 heavy (non-hydrogen) atoms. The molecule has 3 aromatic rings. The smallest absolute Gasteiger partial charge is 0.266 e. The number of fused-ring (bicyclic) bond motifs is 1. The Kier molecular flexibility index (Phi) is 5.15. The standard InChI is InChI=1S/C19H23N9O4S/c20-16(29)12-9-15(25-24-12)22-17-13-3-2-7-28(13)26-19(23-17)27-6-1-4-14(27)18(30)21-11-5-8-33(31,32)10-11/h2-3,7,9,11,14H,1,4-6,8,10H2,(H2,20,29)(H,21,30)(H2,22,23,24,25,26)/t11?,14-/m0/s1. The maximum absolute atomic E-state index is 13.0. The molecule has 0 aromatic carbocycles. The number of aromatic amines is 1. The average Bonchev–Trinajstić information content (AvgIpc) is 3.54. The lowest BCUT2D eigenvalue weighted by Crippen LogP contribution is -2.48. The van der Waals surface area contributed by atoms with Crippen LogP contribution in [0.5, 0.6) is 0 Å². The van der Waals surface area contributed by atoms with Gasteiger partial charge in [0.25, 0.3) is 5.91 Å². The number of anilines is 3. The third-order valence-corrected chi connectivity index (χ3v) is 7.63. The van der Waals surface area contributed by atoms with Crippen molar-refractivity contribution in [2.24, 2.45) is 5.73 Å². The first kappa shape index (κ1) is 21.2. The molecule has 5 heterocycles. The molecule has 2 atom stereocenters. The lowest BCUT2D eigenvalue weighted by atomic mass is 10.2. The third kappa shape index (κ3) is 4.20. The fraction of sp³-hybridized carbons (Fsp3) is 0.421. The highest BCUT2D eigenvalue weighted by molar-refractivity contribution is 7.91. The number of hydrogen-bond acceptors (Lipinski definition) is 9. The van der Waals surface area contributed by atoms with Crippen LogP contribution in [0.4, 0.5) is 17.6 Å². The number of amides is 2. The second kappa shape index (κ2) is 8.03. The Labute approximate surface area is 188 Å². The topological polar surface area (TPSA) is 180 Å². The van der Waals surface area contributed by atoms with Gasteiger partial charge in [-0.2, -0.15) is 10.1 Å². The number of hydrogen-bond donors (Lipinski definition) is 4. The quantitative estimate of drug-likeness (QED) is 0.369. The Morgan fingerprint density at radius 1 is 1.27 bits per heavy atom. The molecule has 3 aromatic heterocycles. The molecule has 2 amide bonds. The number of aromatic nitrogens is 5. The van der Waals surface area contributed by atoms with Crippen molar-refractivity contribution in [3.05, 3.63) is 30.1 Å². The lowest BCUT2D eigenvalue weighted by Gasteiger charge is -2.25. The third-order valence-electron chi connectivity index (χ3n) is 5.86. The van der Waals surface area contributed by atoms with Gasteiger partial charge in [-0.15, -0.1) is 5.10 Å². The summed E-state index contributed by atoms with van der Waals surface area (Å²) in [6.45, 7) is 0.585. The Hall–Kier alpha value is -3.68. The minimum absolute atomic E-state index is 0.0255. The first-order chi connectivity index (χ1) is 15.8. The van der Waals surface area contributed by atoms with Crippen LogP contribution < -0.4 is 21.3 Å². The molecule has 2 aliphatic rings. The summed E-state index contributed by atoms with van der Waals surface area (Å²) in [6.07, 6.45) is 3.58. The van der Waals surface area contributed by atoms with Gasteiger partial charge in [0, 0.05) is 24.8 Å². The molecule has 14 heteroatoms. The molecule has 174 valence electrons. The Balaban J connectivity index is 1.40. The number of rotatable bonds is 6. The minimum Gasteiger partial charge on any atom is -0.364 e. The summed E-state index contributed by atoms with van der Waals surface area (Å²) in [7, 11) is -3.09. The van der Waals surface area contributed by atoms with E-state index in [1.54, 1.807) is 10.7 Å². The van der Waals surface area contributed by atoms with Gasteiger partial charge in [-0.05, 0) is 31.4 Å². The van der Waals surface area contributed by atoms with Gasteiger partial charge in [-0.25, -0.2) is 12.9 Å². The summed E-state index contributed by atoms with van der Waals surface area (Å²) in [5.41, 5.74) is 6.11. The van der Waals surface area contributed by atoms with E-state index in [1.165, 1.54) is 6.07 Å². The summed E-state index contributed by atoms with van der Waals surface area (Å²) in [5, 5.41) is 17.1. The van der Waals surface area contributed by atoms with Crippen LogP contribution in [0.1, 0.15) is 29.8 Å². The summed E-state index contributed by atoms with van der Waals surface area (Å²) in [6, 6.07) is 4.25. The molecule has 2 saturated heterocycles. The van der Waals surface area contributed by atoms with Crippen LogP contribution >= 0.6 is 0 Å². The summed E-state index contributed by atoms with van der Waals surface area (Å²) in [4.78, 5) is 30.8. The zero-order valence-electron chi connectivity index (χ0n) is 17.6. The van der Waals surface area contributed by atoms with Crippen LogP contribution in [0.25, 0.3) is 5.52 Å². The van der Waals surface area contributed by atoms with Crippen molar-refractivity contribution in [1.82, 2.24) is 30.1 Å². The van der Waals surface area contributed by atoms with Crippen LogP contribution in [0, 0.1) is 0 Å². The molecule has 5 rings (SSSR count). The number of carbonyl (C=O) groups excluding carboxylic acids is 2. The molecule has 13 nitrogen and oxygen atoms in total. The Morgan fingerprint density at radius 2 is 2.12 bits per heavy atom. The van der Waals surface area contributed by atoms with Gasteiger partial charge in [0.2, 0.25) is 11.9 Å². The van der Waals surface area contributed by atoms with Gasteiger partial charge in [0.05, 0.1) is 11.5 Å². The van der Waals surface area contributed by atoms with E-state index in [9.17, 15) is 18.0 Å². The number of sulfone groups is 1. The first-order valence-corrected chi connectivity index (χ1v) is 12.4. The molecule has 0 bridgehead atoms. The Morgan fingerprint density at radius 3 is 2.85 bits per heavy atom. The second-order valence-electron chi connectivity index (χ2n) is 8.21. The van der Waals surface area contributed by atoms with Gasteiger partial charge < -0.3 is 21.3 Å². The molecule has 2 aliphatic heterocycles. The predicted octanol–water partition coefficient (Wildman–Crippen LogP) is -0.433. The van der Waals surface area contributed by atoms with E-state index in [0.29, 0.717) is 42.5 Å². The number of carbonyl (C=O) groups is 2. The maximum Gasteiger partial charge on any atom is 0.266 e. The number of nitrogens with one attached hydrogen (secondary N) is 3. The minimum atomic E-state index is -3.09. The van der Waals surface area contributed by atoms with Crippen LogP contribution in [0.15, 0.2) is 24.4 Å². The van der Waals surface area contributed by atoms with E-state index in [2.05, 4.69) is 30.9 Å². The highest BCUT2D eigenvalue weighted by Crippen LogP contribution is 2.27. The van der Waals surface area contributed by atoms with Crippen molar-refractivity contribution >= 4 is 44.8 Å². The van der Waals surface area contributed by atoms with Crippen molar-refractivity contribution < 1.29 is 18.0 Å². The highest BCUT2D eigenvalue weighted by Gasteiger charge is 2.36. The molecule has 0 spiro atoms. The van der Waals surface area contributed by atoms with Crippen LogP contribution in [-0.2, 0) is 14.6 Å². The van der Waals surface area contributed by atoms with Crippen molar-refractivity contribution in [3.8, 4) is 0 Å². The molecule has 1 unspecified atom stereocenters. The van der Waals surface area contributed by atoms with E-state index in [-0.39, 0.29) is 29.1 Å². The lowest BCUT2D eigenvalue weighted by molar-refractivity contribution is -0.122. The number of H-pyrrole nitrogens is 1. The Bertz CT molecular complexity index is 1330. The highest BCUT2D eigenvalue weighted by atomic mass is 32.2. The van der Waals surface area contributed by atoms with Gasteiger partial charge in [0.1, 0.15) is 17.3 Å². The zero-order valence-corrected chi connectivity index (χ0v) is 18.4. The molecule has 2 fully saturated rings. The molecular weight excluding hydrogens is 450 g/mol. The van der Waals surface area contributed by atoms with Gasteiger partial charge in [0.15, 0.2) is 21.5 Å². The van der Waals surface area contributed by atoms with Gasteiger partial charge in [-0.3, -0.25) is 14.7 Å². The van der Waals surface area contributed by atoms with Crippen molar-refractivity contribution in [2.45, 2.75) is 31.3 Å². The SMILES string of the molecule is NC(=O)c1cc(Nc2nc(N3CCC[C@H]3C(=O)NC3CCS(=O)(=O)C3)nn3cccc23)n[nH]1. The van der Waals surface area contributed by atoms with E-state index in [0.717, 1.165) is 6.42 Å². The zero-order chi connectivity index (χ0) is 23.2. The van der Waals surface area contributed by atoms with E-state index >= 15 is 0 Å². The van der Waals surface area contributed by atoms with Crippen LogP contribution in [0.3, 0.4) is 0 Å². The fourth-order valence-corrected chi connectivity index (χ4v) is 5.93. The maximum atomic E-state index is 13.0. The fourth-order valence-electron chi connectivity index (χ4n) is 4.25. The van der Waals surface area contributed by atoms with E-state index in [1.807, 2.05) is 17.0 Å². The van der Waals surface area contributed by atoms with Crippen molar-refractivity contribution in [1.29, 1.82) is 0 Å². The summed E-state index contributed by atoms with van der Waals surface area (Å²) < 4.78 is 25.1. The van der Waals surface area contributed by atoms with Crippen molar-refractivity contribution in [3.63, 3.8) is 0 Å². The van der Waals surface area contributed by atoms with E-state index < -0.39 is 21.8 Å². The summed E-state index contributed by atoms with van der Waals surface area (Å²) in [5.74, 6) is 0.368. The van der Waals surface area contributed by atoms with Crippen LogP contribution in [-0.4, -0.2) is 75.2 Å². The van der Waals surface area contributed by atoms with Gasteiger partial charge in [-0.1, -0.05) is 0 Å². The molecule has 0 aliphatic carbocycles. The molecule has 0 saturated carbocycles. The number of nitrogens with zero attached hydrogens (tertiary/aromatic N) is 5. The van der Waals surface area contributed by atoms with E-state index in [4.69, 9.17) is 5.73 Å². The van der Waals surface area contributed by atoms with Gasteiger partial charge >= 0.3 is 0 Å². The largest absolute Gasteiger partial charge is 0.364 e. The molecular formula is C19H23N9O4S. The molecule has 0 radical (unpaired) electrons. The normalized spacial score (nSPS) is 22.0. The van der Waals surface area contributed by atoms with Crippen molar-refractivity contribution in [2.75, 3.05) is 28.3 Å². The predicted molar refractivity (Wildman–Crippen MR) is 119 cm³/mol. The van der Waals surface area contributed by atoms with Crippen LogP contribution in [0.2, 0.25) is 0 Å². The summed E-state index contributed by atoms with van der Waals surface area (Å²) >= 11 is 0. The number of primary amides is 1. The first-order valence-electron chi connectivity index (χ1n) is 10.5. The molecule has 5 N–H and O–H groups in total. The number of nitrogens with two attached hydrogens (primary N) is 1.